The molecule has 4 aromatic carbocycles. The summed E-state index contributed by atoms with van der Waals surface area (Å²) in [6.45, 7) is 0.353. The number of benzene rings is 4. The Morgan fingerprint density at radius 1 is 0.947 bits per heavy atom. The lowest BCUT2D eigenvalue weighted by atomic mass is 10.0. The van der Waals surface area contributed by atoms with Crippen LogP contribution in [-0.2, 0) is 6.61 Å². The molecule has 5 aromatic rings. The normalized spacial score (nSPS) is 11.1. The maximum atomic E-state index is 13.3. The number of hydrogen-bond donors (Lipinski definition) is 1. The molecule has 0 spiro atoms. The molecule has 0 saturated heterocycles. The van der Waals surface area contributed by atoms with Gasteiger partial charge in [-0.1, -0.05) is 88.2 Å². The molecule has 1 amide bonds. The van der Waals surface area contributed by atoms with Gasteiger partial charge in [-0.05, 0) is 57.9 Å². The fraction of sp³-hybridized carbons (Fsp3) is 0.0333. The molecule has 0 bridgehead atoms. The largest absolute Gasteiger partial charge is 0.487 e. The van der Waals surface area contributed by atoms with Crippen molar-refractivity contribution in [1.82, 2.24) is 10.4 Å². The summed E-state index contributed by atoms with van der Waals surface area (Å²) in [6.07, 6.45) is 1.52. The quantitative estimate of drug-likeness (QED) is 0.142. The summed E-state index contributed by atoms with van der Waals surface area (Å²) in [6, 6.07) is 30.4. The lowest BCUT2D eigenvalue weighted by molar-refractivity contribution is 0.0956. The third-order valence-electron chi connectivity index (χ3n) is 5.73. The molecular weight excluding hydrogens is 630 g/mol. The van der Waals surface area contributed by atoms with Gasteiger partial charge in [0.05, 0.1) is 27.5 Å². The minimum atomic E-state index is -0.351. The summed E-state index contributed by atoms with van der Waals surface area (Å²) < 4.78 is 7.76. The third-order valence-corrected chi connectivity index (χ3v) is 7.07. The number of pyridine rings is 1. The molecule has 1 aromatic heterocycles. The number of amides is 1. The van der Waals surface area contributed by atoms with Gasteiger partial charge in [0.1, 0.15) is 12.4 Å². The molecule has 0 saturated carbocycles. The number of ether oxygens (including phenoxy) is 1. The Bertz CT molecular complexity index is 1640. The van der Waals surface area contributed by atoms with Gasteiger partial charge in [-0.3, -0.25) is 4.79 Å². The van der Waals surface area contributed by atoms with Gasteiger partial charge in [0.15, 0.2) is 0 Å². The molecule has 0 unspecified atom stereocenters. The van der Waals surface area contributed by atoms with E-state index in [1.165, 1.54) is 6.21 Å². The number of fused-ring (bicyclic) bond motifs is 1. The van der Waals surface area contributed by atoms with E-state index in [0.29, 0.717) is 38.7 Å². The molecular formula is C30H20Br2ClN3O2. The predicted octanol–water partition coefficient (Wildman–Crippen LogP) is 8.42. The Labute approximate surface area is 241 Å². The van der Waals surface area contributed by atoms with Crippen molar-refractivity contribution in [3.05, 3.63) is 128 Å². The van der Waals surface area contributed by atoms with Crippen molar-refractivity contribution in [2.24, 2.45) is 5.10 Å². The number of hydrogen-bond acceptors (Lipinski definition) is 4. The van der Waals surface area contributed by atoms with Crippen molar-refractivity contribution in [1.29, 1.82) is 0 Å². The first kappa shape index (κ1) is 26.1. The topological polar surface area (TPSA) is 63.6 Å². The second-order valence-corrected chi connectivity index (χ2v) is 10.6. The van der Waals surface area contributed by atoms with Crippen LogP contribution in [0, 0.1) is 0 Å². The minimum Gasteiger partial charge on any atom is -0.487 e. The molecule has 38 heavy (non-hydrogen) atoms. The first-order valence-electron chi connectivity index (χ1n) is 11.6. The SMILES string of the molecule is O=C(N/N=C\c1cc(Cl)cc(Br)c1OCc1ccc(Br)cc1)c1cc(-c2ccccc2)nc2ccccc12. The molecule has 0 fully saturated rings. The molecule has 5 nitrogen and oxygen atoms in total. The molecule has 8 heteroatoms. The molecule has 1 heterocycles. The van der Waals surface area contributed by atoms with E-state index in [1.807, 2.05) is 78.9 Å². The van der Waals surface area contributed by atoms with Gasteiger partial charge < -0.3 is 4.74 Å². The average Bonchev–Trinajstić information content (AvgIpc) is 2.93. The average molecular weight is 650 g/mol. The fourth-order valence-corrected chi connectivity index (χ4v) is 5.12. The Balaban J connectivity index is 1.40. The molecule has 1 N–H and O–H groups in total. The van der Waals surface area contributed by atoms with Gasteiger partial charge in [0.2, 0.25) is 0 Å². The maximum absolute atomic E-state index is 13.3. The number of hydrazone groups is 1. The van der Waals surface area contributed by atoms with E-state index in [-0.39, 0.29) is 5.91 Å². The van der Waals surface area contributed by atoms with E-state index in [0.717, 1.165) is 26.5 Å². The molecule has 0 aliphatic carbocycles. The highest BCUT2D eigenvalue weighted by Crippen LogP contribution is 2.33. The van der Waals surface area contributed by atoms with Crippen molar-refractivity contribution in [2.45, 2.75) is 6.61 Å². The van der Waals surface area contributed by atoms with Crippen LogP contribution in [0.25, 0.3) is 22.2 Å². The van der Waals surface area contributed by atoms with Crippen LogP contribution < -0.4 is 10.2 Å². The zero-order valence-electron chi connectivity index (χ0n) is 19.9. The highest BCUT2D eigenvalue weighted by Gasteiger charge is 2.14. The highest BCUT2D eigenvalue weighted by molar-refractivity contribution is 9.10. The third kappa shape index (κ3) is 6.13. The van der Waals surface area contributed by atoms with Crippen LogP contribution in [0.3, 0.4) is 0 Å². The standard InChI is InChI=1S/C30H20Br2ClN3O2/c31-22-12-10-19(11-13-22)18-38-29-21(14-23(33)15-26(29)32)17-34-36-30(37)25-16-28(20-6-2-1-3-7-20)35-27-9-5-4-8-24(25)27/h1-17H,18H2,(H,36,37)/b34-17-. The summed E-state index contributed by atoms with van der Waals surface area (Å²) in [5, 5.41) is 5.47. The fourth-order valence-electron chi connectivity index (χ4n) is 3.91. The Kier molecular flexibility index (Phi) is 8.17. The van der Waals surface area contributed by atoms with Crippen LogP contribution in [0.1, 0.15) is 21.5 Å². The van der Waals surface area contributed by atoms with Gasteiger partial charge in [0.25, 0.3) is 5.91 Å². The van der Waals surface area contributed by atoms with Crippen molar-refractivity contribution in [3.8, 4) is 17.0 Å². The van der Waals surface area contributed by atoms with Gasteiger partial charge in [-0.25, -0.2) is 10.4 Å². The molecule has 0 aliphatic rings. The molecule has 0 aliphatic heterocycles. The summed E-state index contributed by atoms with van der Waals surface area (Å²) in [4.78, 5) is 18.0. The van der Waals surface area contributed by atoms with Crippen molar-refractivity contribution < 1.29 is 9.53 Å². The highest BCUT2D eigenvalue weighted by atomic mass is 79.9. The van der Waals surface area contributed by atoms with Crippen LogP contribution >= 0.6 is 43.5 Å². The zero-order valence-corrected chi connectivity index (χ0v) is 23.8. The second-order valence-electron chi connectivity index (χ2n) is 8.36. The second kappa shape index (κ2) is 11.9. The van der Waals surface area contributed by atoms with Crippen LogP contribution in [0.4, 0.5) is 0 Å². The first-order valence-corrected chi connectivity index (χ1v) is 13.6. The van der Waals surface area contributed by atoms with Crippen molar-refractivity contribution in [2.75, 3.05) is 0 Å². The van der Waals surface area contributed by atoms with Crippen LogP contribution in [0.5, 0.6) is 5.75 Å². The molecule has 0 atom stereocenters. The van der Waals surface area contributed by atoms with Crippen molar-refractivity contribution in [3.63, 3.8) is 0 Å². The number of nitrogens with one attached hydrogen (secondary N) is 1. The number of nitrogens with zero attached hydrogens (tertiary/aromatic N) is 2. The summed E-state index contributed by atoms with van der Waals surface area (Å²) in [5.74, 6) is 0.214. The van der Waals surface area contributed by atoms with Crippen LogP contribution in [0.2, 0.25) is 5.02 Å². The summed E-state index contributed by atoms with van der Waals surface area (Å²) >= 11 is 13.3. The van der Waals surface area contributed by atoms with Crippen LogP contribution in [0.15, 0.2) is 111 Å². The molecule has 188 valence electrons. The molecule has 5 rings (SSSR count). The number of aromatic nitrogens is 1. The van der Waals surface area contributed by atoms with Crippen molar-refractivity contribution >= 4 is 66.5 Å². The lowest BCUT2D eigenvalue weighted by Gasteiger charge is -2.12. The maximum Gasteiger partial charge on any atom is 0.272 e. The summed E-state index contributed by atoms with van der Waals surface area (Å²) in [7, 11) is 0. The summed E-state index contributed by atoms with van der Waals surface area (Å²) in [5.41, 5.74) is 7.11. The van der Waals surface area contributed by atoms with E-state index >= 15 is 0 Å². The van der Waals surface area contributed by atoms with Gasteiger partial charge in [0, 0.05) is 26.0 Å². The van der Waals surface area contributed by atoms with E-state index < -0.39 is 0 Å². The minimum absolute atomic E-state index is 0.351. The van der Waals surface area contributed by atoms with E-state index in [4.69, 9.17) is 21.3 Å². The number of para-hydroxylation sites is 1. The number of carbonyl (C=O) groups excluding carboxylic acids is 1. The Morgan fingerprint density at radius 2 is 1.68 bits per heavy atom. The van der Waals surface area contributed by atoms with Crippen LogP contribution in [-0.4, -0.2) is 17.1 Å². The van der Waals surface area contributed by atoms with Gasteiger partial charge >= 0.3 is 0 Å². The zero-order chi connectivity index (χ0) is 26.5. The Morgan fingerprint density at radius 3 is 2.47 bits per heavy atom. The molecule has 0 radical (unpaired) electrons. The van der Waals surface area contributed by atoms with E-state index in [9.17, 15) is 4.79 Å². The van der Waals surface area contributed by atoms with E-state index in [1.54, 1.807) is 18.2 Å². The number of halogens is 3. The van der Waals surface area contributed by atoms with Gasteiger partial charge in [-0.15, -0.1) is 0 Å². The predicted molar refractivity (Wildman–Crippen MR) is 160 cm³/mol. The Hall–Kier alpha value is -3.52. The lowest BCUT2D eigenvalue weighted by Crippen LogP contribution is -2.18. The smallest absolute Gasteiger partial charge is 0.272 e. The number of rotatable bonds is 7. The number of carbonyl (C=O) groups is 1. The monoisotopic (exact) mass is 647 g/mol. The van der Waals surface area contributed by atoms with Gasteiger partial charge in [-0.2, -0.15) is 5.10 Å². The van der Waals surface area contributed by atoms with E-state index in [2.05, 4.69) is 42.4 Å². The first-order chi connectivity index (χ1) is 18.5.